The molecule has 2 saturated carbocycles. The summed E-state index contributed by atoms with van der Waals surface area (Å²) in [6.07, 6.45) is 2.04. The maximum absolute atomic E-state index is 13.1. The van der Waals surface area contributed by atoms with Crippen LogP contribution in [-0.2, 0) is 12.7 Å². The molecule has 0 bridgehead atoms. The number of alkyl halides is 3. The quantitative estimate of drug-likeness (QED) is 0.850. The summed E-state index contributed by atoms with van der Waals surface area (Å²) >= 11 is 1.27. The van der Waals surface area contributed by atoms with Crippen LogP contribution in [0.2, 0.25) is 0 Å². The molecule has 0 radical (unpaired) electrons. The van der Waals surface area contributed by atoms with E-state index in [1.165, 1.54) is 11.3 Å². The maximum atomic E-state index is 13.1. The fourth-order valence-corrected chi connectivity index (χ4v) is 4.26. The van der Waals surface area contributed by atoms with Gasteiger partial charge in [0, 0.05) is 18.5 Å². The van der Waals surface area contributed by atoms with Crippen molar-refractivity contribution >= 4 is 11.3 Å². The second-order valence-electron chi connectivity index (χ2n) is 6.26. The van der Waals surface area contributed by atoms with Crippen LogP contribution < -0.4 is 5.32 Å². The first kappa shape index (κ1) is 15.3. The Morgan fingerprint density at radius 2 is 2.00 bits per heavy atom. The van der Waals surface area contributed by atoms with Crippen LogP contribution in [0.5, 0.6) is 0 Å². The molecule has 1 heterocycles. The third kappa shape index (κ3) is 3.59. The third-order valence-electron chi connectivity index (χ3n) is 4.58. The zero-order valence-corrected chi connectivity index (χ0v) is 13.0. The lowest BCUT2D eigenvalue weighted by Crippen LogP contribution is -2.18. The van der Waals surface area contributed by atoms with Crippen molar-refractivity contribution in [3.05, 3.63) is 15.6 Å². The molecule has 1 aromatic rings. The Labute approximate surface area is 127 Å². The minimum Gasteiger partial charge on any atom is -0.309 e. The van der Waals surface area contributed by atoms with Gasteiger partial charge in [-0.3, -0.25) is 0 Å². The van der Waals surface area contributed by atoms with Crippen molar-refractivity contribution in [1.82, 2.24) is 10.3 Å². The highest BCUT2D eigenvalue weighted by Gasteiger charge is 2.39. The lowest BCUT2D eigenvalue weighted by atomic mass is 10.0. The van der Waals surface area contributed by atoms with E-state index in [4.69, 9.17) is 0 Å². The van der Waals surface area contributed by atoms with Crippen LogP contribution in [0.1, 0.15) is 66.9 Å². The van der Waals surface area contributed by atoms with Gasteiger partial charge in [-0.2, -0.15) is 13.2 Å². The highest BCUT2D eigenvalue weighted by molar-refractivity contribution is 7.11. The minimum absolute atomic E-state index is 0.232. The molecule has 0 spiro atoms. The van der Waals surface area contributed by atoms with Crippen molar-refractivity contribution in [3.63, 3.8) is 0 Å². The van der Waals surface area contributed by atoms with Crippen molar-refractivity contribution in [1.29, 1.82) is 0 Å². The van der Waals surface area contributed by atoms with E-state index in [0.717, 1.165) is 38.5 Å². The van der Waals surface area contributed by atoms with Crippen molar-refractivity contribution < 1.29 is 13.2 Å². The van der Waals surface area contributed by atoms with Crippen molar-refractivity contribution in [2.45, 2.75) is 70.1 Å². The Morgan fingerprint density at radius 3 is 2.57 bits per heavy atom. The van der Waals surface area contributed by atoms with Gasteiger partial charge in [0.25, 0.3) is 0 Å². The number of halogens is 3. The van der Waals surface area contributed by atoms with Gasteiger partial charge in [-0.05, 0) is 38.0 Å². The number of nitrogens with one attached hydrogen (secondary N) is 1. The first-order valence-electron chi connectivity index (χ1n) is 7.77. The smallest absolute Gasteiger partial charge is 0.309 e. The number of aromatic nitrogens is 1. The van der Waals surface area contributed by atoms with Crippen LogP contribution in [-0.4, -0.2) is 11.0 Å². The molecule has 0 aliphatic heterocycles. The Morgan fingerprint density at radius 1 is 1.24 bits per heavy atom. The molecule has 2 nitrogen and oxygen atoms in total. The number of hydrogen-bond donors (Lipinski definition) is 1. The average molecular weight is 318 g/mol. The predicted octanol–water partition coefficient (Wildman–Crippen LogP) is 4.71. The van der Waals surface area contributed by atoms with Crippen LogP contribution >= 0.6 is 11.3 Å². The Balaban J connectivity index is 1.77. The molecular formula is C15H21F3N2S. The Bertz CT molecular complexity index is 494. The Kier molecular flexibility index (Phi) is 4.28. The number of thiazole rings is 1. The Hall–Kier alpha value is -0.620. The van der Waals surface area contributed by atoms with Crippen LogP contribution in [0.4, 0.5) is 13.2 Å². The summed E-state index contributed by atoms with van der Waals surface area (Å²) in [4.78, 5) is 4.35. The van der Waals surface area contributed by atoms with Crippen LogP contribution in [0, 0.1) is 5.92 Å². The molecule has 21 heavy (non-hydrogen) atoms. The van der Waals surface area contributed by atoms with Crippen LogP contribution in [0.3, 0.4) is 0 Å². The van der Waals surface area contributed by atoms with E-state index in [-0.39, 0.29) is 5.92 Å². The van der Waals surface area contributed by atoms with E-state index in [2.05, 4.69) is 17.2 Å². The average Bonchev–Trinajstić information content (AvgIpc) is 2.97. The van der Waals surface area contributed by atoms with E-state index < -0.39 is 11.9 Å². The summed E-state index contributed by atoms with van der Waals surface area (Å²) in [6.45, 7) is 2.46. The lowest BCUT2D eigenvalue weighted by molar-refractivity contribution is -0.141. The normalized spacial score (nSPS) is 26.5. The van der Waals surface area contributed by atoms with Gasteiger partial charge in [0.2, 0.25) is 0 Å². The highest BCUT2D eigenvalue weighted by atomic mass is 32.1. The number of nitrogens with zero attached hydrogens (tertiary/aromatic N) is 1. The number of rotatable bonds is 5. The van der Waals surface area contributed by atoms with E-state index in [1.54, 1.807) is 0 Å². The molecule has 0 saturated heterocycles. The first-order chi connectivity index (χ1) is 9.97. The van der Waals surface area contributed by atoms with Gasteiger partial charge in [0.1, 0.15) is 0 Å². The zero-order chi connectivity index (χ0) is 15.0. The molecule has 2 atom stereocenters. The molecule has 1 N–H and O–H groups in total. The standard InChI is InChI=1S/C15H21F3N2S/c1-2-9-3-4-10(7-9)14-20-13(15(16,17)18)12(21-14)8-19-11-5-6-11/h9-11,19H,2-8H2,1H3. The van der Waals surface area contributed by atoms with Crippen molar-refractivity contribution in [2.24, 2.45) is 5.92 Å². The second-order valence-corrected chi connectivity index (χ2v) is 7.38. The maximum Gasteiger partial charge on any atom is 0.434 e. The summed E-state index contributed by atoms with van der Waals surface area (Å²) in [5, 5.41) is 3.88. The SMILES string of the molecule is CCC1CCC(c2nc(C(F)(F)F)c(CNC3CC3)s2)C1. The predicted molar refractivity (Wildman–Crippen MR) is 77.4 cm³/mol. The van der Waals surface area contributed by atoms with Crippen LogP contribution in [0.25, 0.3) is 0 Å². The fourth-order valence-electron chi connectivity index (χ4n) is 3.08. The van der Waals surface area contributed by atoms with Gasteiger partial charge in [0.15, 0.2) is 5.69 Å². The molecule has 6 heteroatoms. The van der Waals surface area contributed by atoms with Crippen molar-refractivity contribution in [3.8, 4) is 0 Å². The summed E-state index contributed by atoms with van der Waals surface area (Å²) in [5.41, 5.74) is -0.657. The molecule has 1 aromatic heterocycles. The fraction of sp³-hybridized carbons (Fsp3) is 0.800. The zero-order valence-electron chi connectivity index (χ0n) is 12.2. The van der Waals surface area contributed by atoms with Gasteiger partial charge in [-0.15, -0.1) is 11.3 Å². The van der Waals surface area contributed by atoms with Crippen LogP contribution in [0.15, 0.2) is 0 Å². The summed E-state index contributed by atoms with van der Waals surface area (Å²) < 4.78 is 39.4. The van der Waals surface area contributed by atoms with Gasteiger partial charge in [-0.25, -0.2) is 4.98 Å². The highest BCUT2D eigenvalue weighted by Crippen LogP contribution is 2.44. The van der Waals surface area contributed by atoms with Gasteiger partial charge >= 0.3 is 6.18 Å². The third-order valence-corrected chi connectivity index (χ3v) is 5.80. The van der Waals surface area contributed by atoms with E-state index in [9.17, 15) is 13.2 Å². The molecule has 3 rings (SSSR count). The first-order valence-corrected chi connectivity index (χ1v) is 8.59. The molecule has 0 aromatic carbocycles. The lowest BCUT2D eigenvalue weighted by Gasteiger charge is -2.07. The van der Waals surface area contributed by atoms with E-state index >= 15 is 0 Å². The van der Waals surface area contributed by atoms with Gasteiger partial charge in [0.05, 0.1) is 9.88 Å². The largest absolute Gasteiger partial charge is 0.434 e. The van der Waals surface area contributed by atoms with Gasteiger partial charge < -0.3 is 5.32 Å². The summed E-state index contributed by atoms with van der Waals surface area (Å²) in [6, 6.07) is 0.410. The van der Waals surface area contributed by atoms with E-state index in [0.29, 0.717) is 28.4 Å². The topological polar surface area (TPSA) is 24.9 Å². The molecule has 2 aliphatic carbocycles. The summed E-state index contributed by atoms with van der Waals surface area (Å²) in [7, 11) is 0. The number of hydrogen-bond acceptors (Lipinski definition) is 3. The van der Waals surface area contributed by atoms with E-state index in [1.807, 2.05) is 0 Å². The molecule has 2 aliphatic rings. The minimum atomic E-state index is -4.34. The molecule has 0 amide bonds. The van der Waals surface area contributed by atoms with Crippen molar-refractivity contribution in [2.75, 3.05) is 0 Å². The molecule has 2 unspecified atom stereocenters. The molecule has 118 valence electrons. The monoisotopic (exact) mass is 318 g/mol. The second kappa shape index (κ2) is 5.88. The summed E-state index contributed by atoms with van der Waals surface area (Å²) in [5.74, 6) is 0.886. The molecule has 2 fully saturated rings. The van der Waals surface area contributed by atoms with Gasteiger partial charge in [-0.1, -0.05) is 13.3 Å². The molecular weight excluding hydrogens is 297 g/mol.